The van der Waals surface area contributed by atoms with Gasteiger partial charge in [0, 0.05) is 39.1 Å². The first kappa shape index (κ1) is 18.2. The maximum atomic E-state index is 13.1. The van der Waals surface area contributed by atoms with Gasteiger partial charge in [0.2, 0.25) is 5.91 Å². The van der Waals surface area contributed by atoms with Gasteiger partial charge in [-0.2, -0.15) is 0 Å². The van der Waals surface area contributed by atoms with Crippen molar-refractivity contribution in [2.24, 2.45) is 23.2 Å². The first-order valence-electron chi connectivity index (χ1n) is 11.2. The number of nitrogens with one attached hydrogen (secondary N) is 1. The average molecular weight is 384 g/mol. The molecule has 152 valence electrons. The minimum Gasteiger partial charge on any atom is -0.369 e. The molecule has 1 aliphatic heterocycles. The van der Waals surface area contributed by atoms with Gasteiger partial charge in [-0.25, -0.2) is 0 Å². The number of nitrogens with zero attached hydrogens (tertiary/aromatic N) is 4. The van der Waals surface area contributed by atoms with Crippen LogP contribution in [0.15, 0.2) is 12.1 Å². The van der Waals surface area contributed by atoms with Gasteiger partial charge in [-0.3, -0.25) is 4.79 Å². The summed E-state index contributed by atoms with van der Waals surface area (Å²) in [6.45, 7) is 6.21. The molecular formula is C22H33N5O. The topological polar surface area (TPSA) is 61.4 Å². The lowest BCUT2D eigenvalue weighted by atomic mass is 9.49. The minimum absolute atomic E-state index is 0.344. The summed E-state index contributed by atoms with van der Waals surface area (Å²) in [5.74, 6) is 4.87. The molecule has 0 radical (unpaired) electrons. The Kier molecular flexibility index (Phi) is 4.68. The van der Waals surface area contributed by atoms with Crippen LogP contribution in [0.2, 0.25) is 0 Å². The first-order chi connectivity index (χ1) is 13.6. The molecule has 0 spiro atoms. The van der Waals surface area contributed by atoms with Crippen molar-refractivity contribution in [3.05, 3.63) is 12.1 Å². The molecule has 0 aromatic carbocycles. The minimum atomic E-state index is 0.344. The third-order valence-electron chi connectivity index (χ3n) is 7.66. The molecule has 6 heteroatoms. The summed E-state index contributed by atoms with van der Waals surface area (Å²) in [4.78, 5) is 17.5. The lowest BCUT2D eigenvalue weighted by Crippen LogP contribution is -2.52. The molecule has 1 amide bonds. The number of amides is 1. The van der Waals surface area contributed by atoms with Crippen LogP contribution in [0.1, 0.15) is 51.9 Å². The molecule has 1 N–H and O–H groups in total. The molecule has 1 saturated heterocycles. The van der Waals surface area contributed by atoms with Crippen molar-refractivity contribution < 1.29 is 4.79 Å². The molecule has 6 rings (SSSR count). The Morgan fingerprint density at radius 1 is 1.04 bits per heavy atom. The van der Waals surface area contributed by atoms with E-state index in [0.29, 0.717) is 11.3 Å². The molecule has 5 fully saturated rings. The van der Waals surface area contributed by atoms with Gasteiger partial charge >= 0.3 is 0 Å². The molecule has 4 bridgehead atoms. The summed E-state index contributed by atoms with van der Waals surface area (Å²) in [5.41, 5.74) is 0.344. The Morgan fingerprint density at radius 3 is 2.21 bits per heavy atom. The summed E-state index contributed by atoms with van der Waals surface area (Å²) >= 11 is 0. The van der Waals surface area contributed by atoms with E-state index >= 15 is 0 Å². The molecule has 1 aromatic rings. The summed E-state index contributed by atoms with van der Waals surface area (Å²) < 4.78 is 0. The van der Waals surface area contributed by atoms with Gasteiger partial charge in [0.05, 0.1) is 0 Å². The predicted molar refractivity (Wildman–Crippen MR) is 110 cm³/mol. The average Bonchev–Trinajstić information content (AvgIpc) is 2.67. The number of aromatic nitrogens is 2. The summed E-state index contributed by atoms with van der Waals surface area (Å²) in [7, 11) is 0. The second-order valence-electron chi connectivity index (χ2n) is 9.77. The molecule has 4 saturated carbocycles. The van der Waals surface area contributed by atoms with Gasteiger partial charge in [0.15, 0.2) is 5.82 Å². The Hall–Kier alpha value is -1.85. The zero-order valence-electron chi connectivity index (χ0n) is 17.1. The maximum absolute atomic E-state index is 13.1. The Balaban J connectivity index is 1.16. The fourth-order valence-electron chi connectivity index (χ4n) is 6.89. The Bertz CT molecular complexity index is 675. The van der Waals surface area contributed by atoms with E-state index in [2.05, 4.69) is 32.2 Å². The van der Waals surface area contributed by atoms with Crippen molar-refractivity contribution in [1.82, 2.24) is 15.1 Å². The van der Waals surface area contributed by atoms with Gasteiger partial charge in [-0.15, -0.1) is 10.2 Å². The van der Waals surface area contributed by atoms with Crippen LogP contribution in [0.4, 0.5) is 11.6 Å². The van der Waals surface area contributed by atoms with Crippen LogP contribution in [0.3, 0.4) is 0 Å². The smallest absolute Gasteiger partial charge is 0.223 e. The van der Waals surface area contributed by atoms with Crippen molar-refractivity contribution >= 4 is 17.5 Å². The molecule has 4 aliphatic carbocycles. The molecule has 0 atom stereocenters. The second-order valence-corrected chi connectivity index (χ2v) is 9.77. The monoisotopic (exact) mass is 383 g/mol. The van der Waals surface area contributed by atoms with Gasteiger partial charge in [-0.1, -0.05) is 0 Å². The van der Waals surface area contributed by atoms with Gasteiger partial charge < -0.3 is 15.1 Å². The first-order valence-corrected chi connectivity index (χ1v) is 11.2. The van der Waals surface area contributed by atoms with E-state index in [0.717, 1.165) is 68.5 Å². The van der Waals surface area contributed by atoms with Gasteiger partial charge in [-0.05, 0) is 80.8 Å². The van der Waals surface area contributed by atoms with Crippen LogP contribution in [-0.4, -0.2) is 53.7 Å². The largest absolute Gasteiger partial charge is 0.369 e. The van der Waals surface area contributed by atoms with Crippen molar-refractivity contribution in [2.75, 3.05) is 42.9 Å². The molecule has 5 aliphatic rings. The number of hydrogen-bond acceptors (Lipinski definition) is 5. The molecule has 0 unspecified atom stereocenters. The third-order valence-corrected chi connectivity index (χ3v) is 7.66. The highest BCUT2D eigenvalue weighted by molar-refractivity contribution is 5.77. The summed E-state index contributed by atoms with van der Waals surface area (Å²) in [5, 5.41) is 11.8. The van der Waals surface area contributed by atoms with Crippen LogP contribution in [-0.2, 0) is 4.79 Å². The fraction of sp³-hybridized carbons (Fsp3) is 0.773. The number of piperazine rings is 1. The summed E-state index contributed by atoms with van der Waals surface area (Å²) in [6.07, 6.45) is 9.09. The molecule has 28 heavy (non-hydrogen) atoms. The van der Waals surface area contributed by atoms with Crippen LogP contribution in [0.5, 0.6) is 0 Å². The highest BCUT2D eigenvalue weighted by Crippen LogP contribution is 2.61. The highest BCUT2D eigenvalue weighted by atomic mass is 16.2. The normalized spacial score (nSPS) is 34.0. The molecule has 2 heterocycles. The standard InChI is InChI=1S/C22H33N5O/c1-2-23-19-3-4-20(25-24-19)26-5-7-27(8-6-26)21(28)15-22-12-16-9-17(13-22)11-18(10-16)14-22/h3-4,16-18H,2,5-15H2,1H3,(H,23,24). The van der Waals surface area contributed by atoms with Crippen LogP contribution >= 0.6 is 0 Å². The Labute approximate surface area is 168 Å². The van der Waals surface area contributed by atoms with E-state index in [1.54, 1.807) is 0 Å². The van der Waals surface area contributed by atoms with E-state index in [4.69, 9.17) is 0 Å². The third kappa shape index (κ3) is 3.46. The lowest BCUT2D eigenvalue weighted by Gasteiger charge is -2.57. The predicted octanol–water partition coefficient (Wildman–Crippen LogP) is 3.16. The van der Waals surface area contributed by atoms with E-state index < -0.39 is 0 Å². The van der Waals surface area contributed by atoms with E-state index in [1.807, 2.05) is 12.1 Å². The van der Waals surface area contributed by atoms with Gasteiger partial charge in [0.1, 0.15) is 5.82 Å². The molecule has 1 aromatic heterocycles. The zero-order valence-corrected chi connectivity index (χ0v) is 17.1. The maximum Gasteiger partial charge on any atom is 0.223 e. The number of carbonyl (C=O) groups excluding carboxylic acids is 1. The van der Waals surface area contributed by atoms with Crippen molar-refractivity contribution in [3.63, 3.8) is 0 Å². The molecule has 6 nitrogen and oxygen atoms in total. The van der Waals surface area contributed by atoms with E-state index in [1.165, 1.54) is 38.5 Å². The van der Waals surface area contributed by atoms with E-state index in [-0.39, 0.29) is 0 Å². The fourth-order valence-corrected chi connectivity index (χ4v) is 6.89. The second kappa shape index (κ2) is 7.20. The van der Waals surface area contributed by atoms with Gasteiger partial charge in [0.25, 0.3) is 0 Å². The zero-order chi connectivity index (χ0) is 19.1. The Morgan fingerprint density at radius 2 is 1.68 bits per heavy atom. The number of carbonyl (C=O) groups is 1. The SMILES string of the molecule is CCNc1ccc(N2CCN(C(=O)CC34CC5CC(CC(C5)C3)C4)CC2)nn1. The lowest BCUT2D eigenvalue weighted by molar-refractivity contribution is -0.139. The van der Waals surface area contributed by atoms with Crippen molar-refractivity contribution in [3.8, 4) is 0 Å². The summed E-state index contributed by atoms with van der Waals surface area (Å²) in [6, 6.07) is 4.01. The van der Waals surface area contributed by atoms with Crippen molar-refractivity contribution in [2.45, 2.75) is 51.9 Å². The highest BCUT2D eigenvalue weighted by Gasteiger charge is 2.51. The number of anilines is 2. The van der Waals surface area contributed by atoms with Crippen LogP contribution in [0.25, 0.3) is 0 Å². The van der Waals surface area contributed by atoms with Crippen molar-refractivity contribution in [1.29, 1.82) is 0 Å². The number of hydrogen-bond donors (Lipinski definition) is 1. The van der Waals surface area contributed by atoms with E-state index in [9.17, 15) is 4.79 Å². The van der Waals surface area contributed by atoms with Crippen LogP contribution in [0, 0.1) is 23.2 Å². The number of rotatable bonds is 5. The molecular weight excluding hydrogens is 350 g/mol. The quantitative estimate of drug-likeness (QED) is 0.846. The van der Waals surface area contributed by atoms with Crippen LogP contribution < -0.4 is 10.2 Å².